The SMILES string of the molecule is O=C(Cn1cc2ccccc2n1)NC1CCN(c2nccc(C3CCOCC3)n2)C1. The number of amides is 1. The smallest absolute Gasteiger partial charge is 0.242 e. The molecule has 2 aromatic heterocycles. The second-order valence-electron chi connectivity index (χ2n) is 8.05. The molecular weight excluding hydrogens is 380 g/mol. The van der Waals surface area contributed by atoms with E-state index in [0.29, 0.717) is 5.92 Å². The van der Waals surface area contributed by atoms with Gasteiger partial charge in [0.05, 0.1) is 5.52 Å². The number of nitrogens with zero attached hydrogens (tertiary/aromatic N) is 5. The molecule has 4 heterocycles. The predicted molar refractivity (Wildman–Crippen MR) is 113 cm³/mol. The van der Waals surface area contributed by atoms with Gasteiger partial charge < -0.3 is 15.0 Å². The molecule has 1 atom stereocenters. The number of hydrogen-bond donors (Lipinski definition) is 1. The van der Waals surface area contributed by atoms with E-state index in [9.17, 15) is 4.79 Å². The number of aromatic nitrogens is 4. The third-order valence-corrected chi connectivity index (χ3v) is 5.91. The maximum absolute atomic E-state index is 12.5. The van der Waals surface area contributed by atoms with Gasteiger partial charge in [0.1, 0.15) is 6.54 Å². The molecule has 2 aliphatic rings. The molecule has 156 valence electrons. The van der Waals surface area contributed by atoms with Crippen molar-refractivity contribution >= 4 is 22.8 Å². The van der Waals surface area contributed by atoms with E-state index in [1.54, 1.807) is 4.68 Å². The van der Waals surface area contributed by atoms with Crippen LogP contribution in [0.1, 0.15) is 30.9 Å². The van der Waals surface area contributed by atoms with Crippen molar-refractivity contribution in [2.24, 2.45) is 0 Å². The molecule has 5 rings (SSSR count). The number of rotatable bonds is 5. The van der Waals surface area contributed by atoms with Crippen LogP contribution in [0.2, 0.25) is 0 Å². The molecule has 8 heteroatoms. The Morgan fingerprint density at radius 3 is 2.90 bits per heavy atom. The molecule has 1 N–H and O–H groups in total. The molecule has 1 aromatic carbocycles. The molecule has 8 nitrogen and oxygen atoms in total. The summed E-state index contributed by atoms with van der Waals surface area (Å²) in [6, 6.07) is 9.99. The fraction of sp³-hybridized carbons (Fsp3) is 0.455. The highest BCUT2D eigenvalue weighted by Crippen LogP contribution is 2.26. The molecular formula is C22H26N6O2. The first-order valence-electron chi connectivity index (χ1n) is 10.6. The average Bonchev–Trinajstić information content (AvgIpc) is 3.41. The fourth-order valence-corrected chi connectivity index (χ4v) is 4.31. The van der Waals surface area contributed by atoms with Crippen LogP contribution in [0, 0.1) is 0 Å². The van der Waals surface area contributed by atoms with Crippen molar-refractivity contribution in [1.82, 2.24) is 25.1 Å². The van der Waals surface area contributed by atoms with Crippen molar-refractivity contribution in [1.29, 1.82) is 0 Å². The number of hydrogen-bond acceptors (Lipinski definition) is 6. The summed E-state index contributed by atoms with van der Waals surface area (Å²) >= 11 is 0. The lowest BCUT2D eigenvalue weighted by molar-refractivity contribution is -0.122. The van der Waals surface area contributed by atoms with Crippen LogP contribution in [-0.2, 0) is 16.1 Å². The normalized spacial score (nSPS) is 20.0. The van der Waals surface area contributed by atoms with Gasteiger partial charge in [0.15, 0.2) is 0 Å². The number of nitrogens with one attached hydrogen (secondary N) is 1. The first kappa shape index (κ1) is 19.0. The topological polar surface area (TPSA) is 85.2 Å². The van der Waals surface area contributed by atoms with Gasteiger partial charge in [-0.25, -0.2) is 9.97 Å². The molecule has 1 unspecified atom stereocenters. The lowest BCUT2D eigenvalue weighted by Gasteiger charge is -2.23. The number of carbonyl (C=O) groups is 1. The average molecular weight is 406 g/mol. The summed E-state index contributed by atoms with van der Waals surface area (Å²) < 4.78 is 7.16. The monoisotopic (exact) mass is 406 g/mol. The van der Waals surface area contributed by atoms with Crippen molar-refractivity contribution in [2.75, 3.05) is 31.2 Å². The third kappa shape index (κ3) is 4.14. The quantitative estimate of drug-likeness (QED) is 0.699. The van der Waals surface area contributed by atoms with Crippen LogP contribution in [-0.4, -0.2) is 58.0 Å². The van der Waals surface area contributed by atoms with Crippen LogP contribution in [0.3, 0.4) is 0 Å². The van der Waals surface area contributed by atoms with Crippen LogP contribution < -0.4 is 10.2 Å². The van der Waals surface area contributed by atoms with Gasteiger partial charge in [0.2, 0.25) is 11.9 Å². The van der Waals surface area contributed by atoms with E-state index in [1.807, 2.05) is 42.7 Å². The lowest BCUT2D eigenvalue weighted by atomic mass is 9.96. The lowest BCUT2D eigenvalue weighted by Crippen LogP contribution is -2.39. The minimum Gasteiger partial charge on any atom is -0.381 e. The van der Waals surface area contributed by atoms with Gasteiger partial charge in [-0.3, -0.25) is 9.48 Å². The van der Waals surface area contributed by atoms with Gasteiger partial charge >= 0.3 is 0 Å². The van der Waals surface area contributed by atoms with Crippen LogP contribution in [0.15, 0.2) is 42.7 Å². The number of benzene rings is 1. The second kappa shape index (κ2) is 8.39. The maximum atomic E-state index is 12.5. The standard InChI is InChI=1S/C22H26N6O2/c29-21(15-28-13-17-3-1-2-4-20(17)26-28)24-18-6-10-27(14-18)22-23-9-5-19(25-22)16-7-11-30-12-8-16/h1-5,9,13,16,18H,6-8,10-12,14-15H2,(H,24,29). The zero-order valence-electron chi connectivity index (χ0n) is 16.9. The Morgan fingerprint density at radius 1 is 1.17 bits per heavy atom. The maximum Gasteiger partial charge on any atom is 0.242 e. The predicted octanol–water partition coefficient (Wildman–Crippen LogP) is 2.12. The zero-order chi connectivity index (χ0) is 20.3. The molecule has 3 aromatic rings. The third-order valence-electron chi connectivity index (χ3n) is 5.91. The highest BCUT2D eigenvalue weighted by atomic mass is 16.5. The van der Waals surface area contributed by atoms with Crippen molar-refractivity contribution in [3.05, 3.63) is 48.4 Å². The number of carbonyl (C=O) groups excluding carboxylic acids is 1. The van der Waals surface area contributed by atoms with Crippen molar-refractivity contribution < 1.29 is 9.53 Å². The summed E-state index contributed by atoms with van der Waals surface area (Å²) in [5, 5.41) is 8.64. The molecule has 2 saturated heterocycles. The van der Waals surface area contributed by atoms with Gasteiger partial charge in [0.25, 0.3) is 0 Å². The summed E-state index contributed by atoms with van der Waals surface area (Å²) in [7, 11) is 0. The molecule has 0 aliphatic carbocycles. The van der Waals surface area contributed by atoms with E-state index in [0.717, 1.165) is 68.1 Å². The van der Waals surface area contributed by atoms with Crippen molar-refractivity contribution in [2.45, 2.75) is 37.8 Å². The summed E-state index contributed by atoms with van der Waals surface area (Å²) in [4.78, 5) is 24.0. The van der Waals surface area contributed by atoms with Crippen molar-refractivity contribution in [3.63, 3.8) is 0 Å². The molecule has 0 spiro atoms. The highest BCUT2D eigenvalue weighted by molar-refractivity contribution is 5.80. The number of fused-ring (bicyclic) bond motifs is 1. The fourth-order valence-electron chi connectivity index (χ4n) is 4.31. The minimum absolute atomic E-state index is 0.0217. The summed E-state index contributed by atoms with van der Waals surface area (Å²) in [6.45, 7) is 3.39. The summed E-state index contributed by atoms with van der Waals surface area (Å²) in [6.07, 6.45) is 6.67. The number of anilines is 1. The minimum atomic E-state index is -0.0217. The van der Waals surface area contributed by atoms with E-state index in [4.69, 9.17) is 9.72 Å². The van der Waals surface area contributed by atoms with Crippen LogP contribution in [0.4, 0.5) is 5.95 Å². The Labute approximate surface area is 175 Å². The Kier molecular flexibility index (Phi) is 5.31. The Hall–Kier alpha value is -3.00. The molecule has 0 bridgehead atoms. The van der Waals surface area contributed by atoms with Crippen molar-refractivity contribution in [3.8, 4) is 0 Å². The van der Waals surface area contributed by atoms with Crippen LogP contribution in [0.5, 0.6) is 0 Å². The van der Waals surface area contributed by atoms with Gasteiger partial charge in [-0.2, -0.15) is 5.10 Å². The Balaban J connectivity index is 1.18. The van der Waals surface area contributed by atoms with Gasteiger partial charge in [0, 0.05) is 61.7 Å². The number of ether oxygens (including phenoxy) is 1. The van der Waals surface area contributed by atoms with E-state index >= 15 is 0 Å². The highest BCUT2D eigenvalue weighted by Gasteiger charge is 2.27. The molecule has 1 amide bonds. The van der Waals surface area contributed by atoms with Gasteiger partial charge in [-0.15, -0.1) is 0 Å². The van der Waals surface area contributed by atoms with E-state index in [1.165, 1.54) is 0 Å². The summed E-state index contributed by atoms with van der Waals surface area (Å²) in [5.74, 6) is 1.18. The largest absolute Gasteiger partial charge is 0.381 e. The van der Waals surface area contributed by atoms with Crippen LogP contribution >= 0.6 is 0 Å². The molecule has 2 fully saturated rings. The Bertz CT molecular complexity index is 996. The van der Waals surface area contributed by atoms with E-state index < -0.39 is 0 Å². The second-order valence-corrected chi connectivity index (χ2v) is 8.05. The molecule has 30 heavy (non-hydrogen) atoms. The van der Waals surface area contributed by atoms with Gasteiger partial charge in [-0.05, 0) is 31.4 Å². The van der Waals surface area contributed by atoms with E-state index in [2.05, 4.69) is 20.3 Å². The van der Waals surface area contributed by atoms with Gasteiger partial charge in [-0.1, -0.05) is 18.2 Å². The molecule has 0 radical (unpaired) electrons. The molecule has 2 aliphatic heterocycles. The zero-order valence-corrected chi connectivity index (χ0v) is 16.9. The van der Waals surface area contributed by atoms with Crippen LogP contribution in [0.25, 0.3) is 10.9 Å². The Morgan fingerprint density at radius 2 is 2.03 bits per heavy atom. The molecule has 0 saturated carbocycles. The first-order chi connectivity index (χ1) is 14.7. The first-order valence-corrected chi connectivity index (χ1v) is 10.6. The van der Waals surface area contributed by atoms with E-state index in [-0.39, 0.29) is 18.5 Å². The summed E-state index contributed by atoms with van der Waals surface area (Å²) in [5.41, 5.74) is 2.00.